The average molecular weight is 241 g/mol. The third-order valence-electron chi connectivity index (χ3n) is 2.27. The molecule has 1 rings (SSSR count). The summed E-state index contributed by atoms with van der Waals surface area (Å²) >= 11 is 1.88. The van der Waals surface area contributed by atoms with Gasteiger partial charge < -0.3 is 5.32 Å². The van der Waals surface area contributed by atoms with E-state index in [9.17, 15) is 0 Å². The standard InChI is InChI=1S/C12H23N3S/c1-9(2)7-13-8-11(4)16-12-6-10(3)14-15(12)5/h6,9,11,13H,7-8H2,1-5H3. The molecule has 16 heavy (non-hydrogen) atoms. The summed E-state index contributed by atoms with van der Waals surface area (Å²) in [6.45, 7) is 10.9. The van der Waals surface area contributed by atoms with Gasteiger partial charge in [-0.1, -0.05) is 20.8 Å². The number of aryl methyl sites for hydroxylation is 2. The van der Waals surface area contributed by atoms with Crippen LogP contribution in [0.25, 0.3) is 0 Å². The topological polar surface area (TPSA) is 29.9 Å². The van der Waals surface area contributed by atoms with E-state index in [1.807, 2.05) is 30.4 Å². The Morgan fingerprint density at radius 3 is 2.56 bits per heavy atom. The summed E-state index contributed by atoms with van der Waals surface area (Å²) in [5.74, 6) is 0.719. The molecule has 4 heteroatoms. The fourth-order valence-corrected chi connectivity index (χ4v) is 2.57. The first-order valence-corrected chi connectivity index (χ1v) is 6.75. The second kappa shape index (κ2) is 6.30. The maximum atomic E-state index is 4.35. The van der Waals surface area contributed by atoms with Crippen LogP contribution in [0.15, 0.2) is 11.1 Å². The van der Waals surface area contributed by atoms with E-state index in [0.29, 0.717) is 5.25 Å². The summed E-state index contributed by atoms with van der Waals surface area (Å²) in [4.78, 5) is 0. The second-order valence-corrected chi connectivity index (χ2v) is 6.19. The van der Waals surface area contributed by atoms with Crippen molar-refractivity contribution in [1.29, 1.82) is 0 Å². The van der Waals surface area contributed by atoms with Crippen LogP contribution in [0.1, 0.15) is 26.5 Å². The van der Waals surface area contributed by atoms with Crippen LogP contribution in [0, 0.1) is 12.8 Å². The molecule has 0 spiro atoms. The molecule has 0 saturated heterocycles. The summed E-state index contributed by atoms with van der Waals surface area (Å²) in [6, 6.07) is 2.14. The van der Waals surface area contributed by atoms with Crippen molar-refractivity contribution in [3.05, 3.63) is 11.8 Å². The molecule has 0 fully saturated rings. The highest BCUT2D eigenvalue weighted by Crippen LogP contribution is 2.22. The van der Waals surface area contributed by atoms with Gasteiger partial charge in [-0.25, -0.2) is 0 Å². The average Bonchev–Trinajstić information content (AvgIpc) is 2.44. The Balaban J connectivity index is 2.34. The molecule has 0 saturated carbocycles. The third-order valence-corrected chi connectivity index (χ3v) is 3.46. The highest BCUT2D eigenvalue weighted by atomic mass is 32.2. The third kappa shape index (κ3) is 4.58. The number of thioether (sulfide) groups is 1. The fourth-order valence-electron chi connectivity index (χ4n) is 1.52. The van der Waals surface area contributed by atoms with Crippen molar-refractivity contribution in [2.45, 2.75) is 38.0 Å². The lowest BCUT2D eigenvalue weighted by atomic mass is 10.2. The minimum atomic E-state index is 0.577. The second-order valence-electron chi connectivity index (χ2n) is 4.73. The van der Waals surface area contributed by atoms with E-state index in [-0.39, 0.29) is 0 Å². The first kappa shape index (κ1) is 13.6. The van der Waals surface area contributed by atoms with Gasteiger partial charge in [0.2, 0.25) is 0 Å². The number of aromatic nitrogens is 2. The van der Waals surface area contributed by atoms with Gasteiger partial charge in [0.25, 0.3) is 0 Å². The molecule has 1 heterocycles. The lowest BCUT2D eigenvalue weighted by Gasteiger charge is -2.13. The van der Waals surface area contributed by atoms with Crippen LogP contribution < -0.4 is 5.32 Å². The van der Waals surface area contributed by atoms with E-state index in [0.717, 1.165) is 24.7 Å². The molecular weight excluding hydrogens is 218 g/mol. The summed E-state index contributed by atoms with van der Waals surface area (Å²) in [5.41, 5.74) is 1.09. The first-order valence-electron chi connectivity index (χ1n) is 5.87. The SMILES string of the molecule is Cc1cc(SC(C)CNCC(C)C)n(C)n1. The predicted molar refractivity (Wildman–Crippen MR) is 71.0 cm³/mol. The molecule has 1 aromatic rings. The summed E-state index contributed by atoms with van der Waals surface area (Å²) in [7, 11) is 2.00. The van der Waals surface area contributed by atoms with Crippen LogP contribution in [-0.2, 0) is 7.05 Å². The fraction of sp³-hybridized carbons (Fsp3) is 0.750. The molecule has 1 atom stereocenters. The largest absolute Gasteiger partial charge is 0.315 e. The summed E-state index contributed by atoms with van der Waals surface area (Å²) in [6.07, 6.45) is 0. The molecule has 0 amide bonds. The summed E-state index contributed by atoms with van der Waals surface area (Å²) in [5, 5.41) is 9.65. The zero-order chi connectivity index (χ0) is 12.1. The van der Waals surface area contributed by atoms with E-state index in [4.69, 9.17) is 0 Å². The number of nitrogens with one attached hydrogen (secondary N) is 1. The van der Waals surface area contributed by atoms with Gasteiger partial charge in [-0.15, -0.1) is 11.8 Å². The van der Waals surface area contributed by atoms with Gasteiger partial charge in [0.1, 0.15) is 0 Å². The smallest absolute Gasteiger partial charge is 0.0942 e. The number of nitrogens with zero attached hydrogens (tertiary/aromatic N) is 2. The number of hydrogen-bond acceptors (Lipinski definition) is 3. The Kier molecular flexibility index (Phi) is 5.35. The Morgan fingerprint density at radius 2 is 2.06 bits per heavy atom. The van der Waals surface area contributed by atoms with Crippen molar-refractivity contribution in [3.63, 3.8) is 0 Å². The van der Waals surface area contributed by atoms with Crippen LogP contribution >= 0.6 is 11.8 Å². The van der Waals surface area contributed by atoms with Crippen molar-refractivity contribution < 1.29 is 0 Å². The van der Waals surface area contributed by atoms with Gasteiger partial charge in [-0.2, -0.15) is 5.10 Å². The molecule has 0 bridgehead atoms. The zero-order valence-corrected chi connectivity index (χ0v) is 11.8. The number of rotatable bonds is 6. The van der Waals surface area contributed by atoms with E-state index < -0.39 is 0 Å². The van der Waals surface area contributed by atoms with Gasteiger partial charge in [-0.3, -0.25) is 4.68 Å². The molecular formula is C12H23N3S. The molecule has 0 aliphatic rings. The van der Waals surface area contributed by atoms with Gasteiger partial charge in [0.05, 0.1) is 10.7 Å². The zero-order valence-electron chi connectivity index (χ0n) is 10.9. The van der Waals surface area contributed by atoms with Crippen LogP contribution in [-0.4, -0.2) is 28.1 Å². The molecule has 1 N–H and O–H groups in total. The van der Waals surface area contributed by atoms with Crippen molar-refractivity contribution in [2.24, 2.45) is 13.0 Å². The maximum absolute atomic E-state index is 4.35. The van der Waals surface area contributed by atoms with E-state index in [2.05, 4.69) is 37.3 Å². The van der Waals surface area contributed by atoms with Crippen LogP contribution in [0.4, 0.5) is 0 Å². The predicted octanol–water partition coefficient (Wildman–Crippen LogP) is 2.45. The molecule has 1 aromatic heterocycles. The monoisotopic (exact) mass is 241 g/mol. The molecule has 1 unspecified atom stereocenters. The van der Waals surface area contributed by atoms with E-state index in [1.54, 1.807) is 0 Å². The molecule has 3 nitrogen and oxygen atoms in total. The molecule has 0 aliphatic carbocycles. The maximum Gasteiger partial charge on any atom is 0.0942 e. The Labute approximate surface area is 103 Å². The van der Waals surface area contributed by atoms with Crippen molar-refractivity contribution in [2.75, 3.05) is 13.1 Å². The Bertz CT molecular complexity index is 320. The van der Waals surface area contributed by atoms with Gasteiger partial charge in [-0.05, 0) is 25.5 Å². The van der Waals surface area contributed by atoms with Crippen molar-refractivity contribution >= 4 is 11.8 Å². The molecule has 92 valence electrons. The summed E-state index contributed by atoms with van der Waals surface area (Å²) < 4.78 is 1.96. The minimum Gasteiger partial charge on any atom is -0.315 e. The van der Waals surface area contributed by atoms with Crippen LogP contribution in [0.5, 0.6) is 0 Å². The Morgan fingerprint density at radius 1 is 1.38 bits per heavy atom. The van der Waals surface area contributed by atoms with Gasteiger partial charge in [0, 0.05) is 18.8 Å². The van der Waals surface area contributed by atoms with E-state index in [1.165, 1.54) is 5.03 Å². The normalized spacial score (nSPS) is 13.4. The molecule has 0 radical (unpaired) electrons. The lowest BCUT2D eigenvalue weighted by molar-refractivity contribution is 0.553. The first-order chi connectivity index (χ1) is 7.49. The Hall–Kier alpha value is -0.480. The lowest BCUT2D eigenvalue weighted by Crippen LogP contribution is -2.26. The van der Waals surface area contributed by atoms with E-state index >= 15 is 0 Å². The number of hydrogen-bond donors (Lipinski definition) is 1. The quantitative estimate of drug-likeness (QED) is 0.776. The van der Waals surface area contributed by atoms with Gasteiger partial charge in [0.15, 0.2) is 0 Å². The minimum absolute atomic E-state index is 0.577. The molecule has 0 aromatic carbocycles. The van der Waals surface area contributed by atoms with Crippen LogP contribution in [0.2, 0.25) is 0 Å². The van der Waals surface area contributed by atoms with Crippen molar-refractivity contribution in [3.8, 4) is 0 Å². The van der Waals surface area contributed by atoms with Crippen LogP contribution in [0.3, 0.4) is 0 Å². The molecule has 0 aliphatic heterocycles. The highest BCUT2D eigenvalue weighted by molar-refractivity contribution is 7.99. The van der Waals surface area contributed by atoms with Gasteiger partial charge >= 0.3 is 0 Å². The highest BCUT2D eigenvalue weighted by Gasteiger charge is 2.08. The van der Waals surface area contributed by atoms with Crippen molar-refractivity contribution in [1.82, 2.24) is 15.1 Å².